The summed E-state index contributed by atoms with van der Waals surface area (Å²) in [4.78, 5) is 4.27. The molecule has 7 nitrogen and oxygen atoms in total. The van der Waals surface area contributed by atoms with Gasteiger partial charge in [0.15, 0.2) is 0 Å². The summed E-state index contributed by atoms with van der Waals surface area (Å²) in [6.07, 6.45) is 9.28. The molecule has 138 valence electrons. The fourth-order valence-corrected chi connectivity index (χ4v) is 3.05. The zero-order valence-electron chi connectivity index (χ0n) is 15.3. The lowest BCUT2D eigenvalue weighted by Crippen LogP contribution is -2.21. The standard InChI is InChI=1S/C20H21N5O2/c1-14-12-25(13-21-14)17-9-8-16(11-18(17)26-2)22-20-24-23-19(27-20)10-15-6-4-3-5-7-15/h3-7,9,11-13,16H,8,10H2,1-2H3,(H,22,24). The van der Waals surface area contributed by atoms with E-state index >= 15 is 0 Å². The first kappa shape index (κ1) is 17.1. The number of anilines is 1. The Bertz CT molecular complexity index is 971. The van der Waals surface area contributed by atoms with E-state index in [4.69, 9.17) is 9.15 Å². The fraction of sp³-hybridized carbons (Fsp3) is 0.250. The van der Waals surface area contributed by atoms with E-state index in [9.17, 15) is 0 Å². The third-order valence-electron chi connectivity index (χ3n) is 4.35. The van der Waals surface area contributed by atoms with Crippen molar-refractivity contribution < 1.29 is 9.15 Å². The highest BCUT2D eigenvalue weighted by molar-refractivity contribution is 5.64. The number of aryl methyl sites for hydroxylation is 1. The van der Waals surface area contributed by atoms with E-state index in [1.165, 1.54) is 0 Å². The maximum Gasteiger partial charge on any atom is 0.315 e. The molecule has 1 aromatic carbocycles. The van der Waals surface area contributed by atoms with Crippen LogP contribution in [0, 0.1) is 6.92 Å². The van der Waals surface area contributed by atoms with Crippen LogP contribution in [0.3, 0.4) is 0 Å². The molecule has 1 N–H and O–H groups in total. The summed E-state index contributed by atoms with van der Waals surface area (Å²) < 4.78 is 13.3. The minimum absolute atomic E-state index is 0.0124. The molecular formula is C20H21N5O2. The van der Waals surface area contributed by atoms with Crippen molar-refractivity contribution in [3.05, 3.63) is 77.9 Å². The maximum atomic E-state index is 5.73. The van der Waals surface area contributed by atoms with Crippen LogP contribution in [0.1, 0.15) is 23.6 Å². The van der Waals surface area contributed by atoms with E-state index in [0.717, 1.165) is 29.1 Å². The first-order chi connectivity index (χ1) is 13.2. The molecule has 2 aromatic heterocycles. The maximum absolute atomic E-state index is 5.73. The Morgan fingerprint density at radius 2 is 2.11 bits per heavy atom. The summed E-state index contributed by atoms with van der Waals surface area (Å²) in [6, 6.07) is 10.5. The Labute approximate surface area is 157 Å². The second-order valence-corrected chi connectivity index (χ2v) is 6.40. The fourth-order valence-electron chi connectivity index (χ4n) is 3.05. The van der Waals surface area contributed by atoms with E-state index in [1.54, 1.807) is 13.4 Å². The Kier molecular flexibility index (Phi) is 4.74. The highest BCUT2D eigenvalue weighted by Crippen LogP contribution is 2.25. The second-order valence-electron chi connectivity index (χ2n) is 6.40. The van der Waals surface area contributed by atoms with Crippen molar-refractivity contribution in [1.29, 1.82) is 0 Å². The number of allylic oxidation sites excluding steroid dienone is 1. The van der Waals surface area contributed by atoms with Crippen molar-refractivity contribution >= 4 is 11.7 Å². The Morgan fingerprint density at radius 3 is 2.85 bits per heavy atom. The van der Waals surface area contributed by atoms with Gasteiger partial charge in [-0.2, -0.15) is 0 Å². The zero-order chi connectivity index (χ0) is 18.6. The van der Waals surface area contributed by atoms with Crippen LogP contribution in [-0.2, 0) is 11.2 Å². The smallest absolute Gasteiger partial charge is 0.315 e. The molecule has 7 heteroatoms. The first-order valence-electron chi connectivity index (χ1n) is 8.81. The van der Waals surface area contributed by atoms with Crippen LogP contribution in [0.5, 0.6) is 0 Å². The molecule has 0 fully saturated rings. The van der Waals surface area contributed by atoms with Gasteiger partial charge in [0.25, 0.3) is 0 Å². The molecule has 1 aliphatic carbocycles. The van der Waals surface area contributed by atoms with Crippen LogP contribution < -0.4 is 5.32 Å². The third-order valence-corrected chi connectivity index (χ3v) is 4.35. The molecule has 0 saturated heterocycles. The number of methoxy groups -OCH3 is 1. The highest BCUT2D eigenvalue weighted by atomic mass is 16.5. The van der Waals surface area contributed by atoms with Crippen molar-refractivity contribution in [3.63, 3.8) is 0 Å². The van der Waals surface area contributed by atoms with E-state index in [-0.39, 0.29) is 6.04 Å². The topological polar surface area (TPSA) is 78.0 Å². The summed E-state index contributed by atoms with van der Waals surface area (Å²) in [5, 5.41) is 11.5. The Balaban J connectivity index is 1.43. The van der Waals surface area contributed by atoms with Gasteiger partial charge >= 0.3 is 6.01 Å². The molecule has 0 bridgehead atoms. The van der Waals surface area contributed by atoms with Crippen LogP contribution in [0.15, 0.2) is 65.2 Å². The predicted octanol–water partition coefficient (Wildman–Crippen LogP) is 3.42. The van der Waals surface area contributed by atoms with E-state index < -0.39 is 0 Å². The summed E-state index contributed by atoms with van der Waals surface area (Å²) in [6.45, 7) is 1.96. The lowest BCUT2D eigenvalue weighted by Gasteiger charge is -2.21. The van der Waals surface area contributed by atoms with Crippen LogP contribution in [-0.4, -0.2) is 32.9 Å². The number of rotatable bonds is 6. The summed E-state index contributed by atoms with van der Waals surface area (Å²) in [5.74, 6) is 1.36. The third kappa shape index (κ3) is 3.92. The SMILES string of the molecule is COC1=CC(Nc2nnc(Cc3ccccc3)o2)CC=C1n1cnc(C)c1. The van der Waals surface area contributed by atoms with Gasteiger partial charge in [-0.1, -0.05) is 41.5 Å². The van der Waals surface area contributed by atoms with E-state index in [2.05, 4.69) is 26.6 Å². The number of aromatic nitrogens is 4. The van der Waals surface area contributed by atoms with Crippen LogP contribution in [0.2, 0.25) is 0 Å². The normalized spacial score (nSPS) is 16.6. The molecule has 0 amide bonds. The quantitative estimate of drug-likeness (QED) is 0.723. The number of nitrogens with one attached hydrogen (secondary N) is 1. The van der Waals surface area contributed by atoms with E-state index in [1.807, 2.05) is 54.1 Å². The number of hydrogen-bond donors (Lipinski definition) is 1. The number of ether oxygens (including phenoxy) is 1. The summed E-state index contributed by atoms with van der Waals surface area (Å²) in [5.41, 5.74) is 3.07. The average molecular weight is 363 g/mol. The molecule has 3 aromatic rings. The largest absolute Gasteiger partial charge is 0.495 e. The minimum Gasteiger partial charge on any atom is -0.495 e. The van der Waals surface area contributed by atoms with Crippen LogP contribution in [0.4, 0.5) is 6.01 Å². The van der Waals surface area contributed by atoms with Gasteiger partial charge in [0.2, 0.25) is 5.89 Å². The molecule has 4 rings (SSSR count). The van der Waals surface area contributed by atoms with Gasteiger partial charge in [-0.15, -0.1) is 5.10 Å². The number of hydrogen-bond acceptors (Lipinski definition) is 6. The monoisotopic (exact) mass is 363 g/mol. The van der Waals surface area contributed by atoms with Crippen molar-refractivity contribution in [1.82, 2.24) is 19.7 Å². The zero-order valence-corrected chi connectivity index (χ0v) is 15.3. The minimum atomic E-state index is 0.0124. The van der Waals surface area contributed by atoms with Crippen molar-refractivity contribution in [2.24, 2.45) is 0 Å². The van der Waals surface area contributed by atoms with Gasteiger partial charge in [0, 0.05) is 6.20 Å². The molecule has 1 unspecified atom stereocenters. The molecule has 0 aliphatic heterocycles. The number of nitrogens with zero attached hydrogens (tertiary/aromatic N) is 4. The van der Waals surface area contributed by atoms with Crippen molar-refractivity contribution in [2.45, 2.75) is 25.8 Å². The lowest BCUT2D eigenvalue weighted by atomic mass is 10.1. The molecule has 2 heterocycles. The van der Waals surface area contributed by atoms with Gasteiger partial charge in [0.05, 0.1) is 37.3 Å². The molecule has 27 heavy (non-hydrogen) atoms. The molecular weight excluding hydrogens is 342 g/mol. The van der Waals surface area contributed by atoms with Gasteiger partial charge in [0.1, 0.15) is 5.76 Å². The lowest BCUT2D eigenvalue weighted by molar-refractivity contribution is 0.303. The predicted molar refractivity (Wildman–Crippen MR) is 102 cm³/mol. The summed E-state index contributed by atoms with van der Waals surface area (Å²) in [7, 11) is 1.66. The van der Waals surface area contributed by atoms with Gasteiger partial charge in [-0.05, 0) is 25.0 Å². The Morgan fingerprint density at radius 1 is 1.26 bits per heavy atom. The van der Waals surface area contributed by atoms with Crippen LogP contribution in [0.25, 0.3) is 5.70 Å². The van der Waals surface area contributed by atoms with Crippen LogP contribution >= 0.6 is 0 Å². The first-order valence-corrected chi connectivity index (χ1v) is 8.81. The van der Waals surface area contributed by atoms with Gasteiger partial charge in [-0.3, -0.25) is 0 Å². The second kappa shape index (κ2) is 7.49. The van der Waals surface area contributed by atoms with Crippen molar-refractivity contribution in [2.75, 3.05) is 12.4 Å². The van der Waals surface area contributed by atoms with Gasteiger partial charge < -0.3 is 19.0 Å². The van der Waals surface area contributed by atoms with Gasteiger partial charge in [-0.25, -0.2) is 4.98 Å². The molecule has 0 spiro atoms. The molecule has 0 saturated carbocycles. The van der Waals surface area contributed by atoms with E-state index in [0.29, 0.717) is 18.3 Å². The number of imidazole rings is 1. The molecule has 1 atom stereocenters. The highest BCUT2D eigenvalue weighted by Gasteiger charge is 2.19. The van der Waals surface area contributed by atoms with Crippen molar-refractivity contribution in [3.8, 4) is 0 Å². The number of benzene rings is 1. The average Bonchev–Trinajstić information content (AvgIpc) is 3.31. The Hall–Kier alpha value is -3.35. The summed E-state index contributed by atoms with van der Waals surface area (Å²) >= 11 is 0. The molecule has 0 radical (unpaired) electrons. The molecule has 1 aliphatic rings.